The van der Waals surface area contributed by atoms with Gasteiger partial charge >= 0.3 is 0 Å². The van der Waals surface area contributed by atoms with E-state index in [1.165, 1.54) is 23.9 Å². The Morgan fingerprint density at radius 1 is 1.13 bits per heavy atom. The van der Waals surface area contributed by atoms with E-state index in [9.17, 15) is 17.6 Å². The minimum atomic E-state index is -4.20. The van der Waals surface area contributed by atoms with Gasteiger partial charge in [0.25, 0.3) is 0 Å². The van der Waals surface area contributed by atoms with Gasteiger partial charge in [-0.15, -0.1) is 0 Å². The van der Waals surface area contributed by atoms with Gasteiger partial charge in [0.2, 0.25) is 15.9 Å². The van der Waals surface area contributed by atoms with Crippen molar-refractivity contribution >= 4 is 33.4 Å². The van der Waals surface area contributed by atoms with Gasteiger partial charge in [0.1, 0.15) is 29.1 Å². The standard InChI is InChI=1S/C20H25FN2O5S2/c1-27-12-13-28-16-9-7-15(8-10-16)22-20(24)18(11-14-29-2)23-30(25,26)19-6-4-3-5-17(19)21/h3-10,18,23H,11-14H2,1-2H3,(H,22,24). The third kappa shape index (κ3) is 7.28. The van der Waals surface area contributed by atoms with Crippen LogP contribution in [0.25, 0.3) is 0 Å². The third-order valence-corrected chi connectivity index (χ3v) is 6.18. The molecule has 1 atom stereocenters. The number of ether oxygens (including phenoxy) is 2. The first-order valence-corrected chi connectivity index (χ1v) is 12.0. The number of hydrogen-bond acceptors (Lipinski definition) is 6. The van der Waals surface area contributed by atoms with E-state index < -0.39 is 32.7 Å². The Balaban J connectivity index is 2.09. The van der Waals surface area contributed by atoms with Gasteiger partial charge < -0.3 is 14.8 Å². The molecule has 0 aliphatic carbocycles. The summed E-state index contributed by atoms with van der Waals surface area (Å²) in [7, 11) is -2.63. The second-order valence-corrected chi connectivity index (χ2v) is 8.91. The van der Waals surface area contributed by atoms with Gasteiger partial charge in [-0.3, -0.25) is 4.79 Å². The van der Waals surface area contributed by atoms with Crippen LogP contribution < -0.4 is 14.8 Å². The number of amides is 1. The topological polar surface area (TPSA) is 93.7 Å². The SMILES string of the molecule is COCCOc1ccc(NC(=O)C(CCSC)NS(=O)(=O)c2ccccc2F)cc1. The number of nitrogens with one attached hydrogen (secondary N) is 2. The van der Waals surface area contributed by atoms with Crippen LogP contribution in [-0.2, 0) is 19.6 Å². The van der Waals surface area contributed by atoms with Crippen molar-refractivity contribution in [3.8, 4) is 5.75 Å². The molecule has 0 saturated carbocycles. The van der Waals surface area contributed by atoms with Crippen LogP contribution in [0.3, 0.4) is 0 Å². The molecule has 1 amide bonds. The van der Waals surface area contributed by atoms with Crippen LogP contribution >= 0.6 is 11.8 Å². The predicted molar refractivity (Wildman–Crippen MR) is 116 cm³/mol. The molecule has 0 aliphatic rings. The number of carbonyl (C=O) groups is 1. The number of thioether (sulfide) groups is 1. The van der Waals surface area contributed by atoms with E-state index in [1.807, 2.05) is 6.26 Å². The minimum absolute atomic E-state index is 0.249. The Morgan fingerprint density at radius 2 is 1.83 bits per heavy atom. The highest BCUT2D eigenvalue weighted by molar-refractivity contribution is 7.98. The quantitative estimate of drug-likeness (QED) is 0.477. The molecule has 7 nitrogen and oxygen atoms in total. The molecule has 0 radical (unpaired) electrons. The average Bonchev–Trinajstić information content (AvgIpc) is 2.72. The fraction of sp³-hybridized carbons (Fsp3) is 0.350. The summed E-state index contributed by atoms with van der Waals surface area (Å²) in [6, 6.07) is 10.6. The highest BCUT2D eigenvalue weighted by atomic mass is 32.2. The zero-order valence-corrected chi connectivity index (χ0v) is 18.4. The van der Waals surface area contributed by atoms with Crippen LogP contribution in [0.5, 0.6) is 5.75 Å². The van der Waals surface area contributed by atoms with Crippen molar-refractivity contribution in [2.24, 2.45) is 0 Å². The number of anilines is 1. The first-order chi connectivity index (χ1) is 14.4. The Kier molecular flexibility index (Phi) is 9.57. The Labute approximate surface area is 180 Å². The van der Waals surface area contributed by atoms with E-state index in [4.69, 9.17) is 9.47 Å². The molecule has 2 rings (SSSR count). The van der Waals surface area contributed by atoms with Gasteiger partial charge in [0.15, 0.2) is 0 Å². The van der Waals surface area contributed by atoms with Crippen molar-refractivity contribution in [1.29, 1.82) is 0 Å². The minimum Gasteiger partial charge on any atom is -0.491 e. The second-order valence-electron chi connectivity index (χ2n) is 6.24. The van der Waals surface area contributed by atoms with Gasteiger partial charge in [0.05, 0.1) is 6.61 Å². The van der Waals surface area contributed by atoms with Gasteiger partial charge in [-0.1, -0.05) is 12.1 Å². The number of hydrogen-bond donors (Lipinski definition) is 2. The van der Waals surface area contributed by atoms with Crippen LogP contribution in [0, 0.1) is 5.82 Å². The highest BCUT2D eigenvalue weighted by Crippen LogP contribution is 2.18. The lowest BCUT2D eigenvalue weighted by Gasteiger charge is -2.18. The molecule has 0 saturated heterocycles. The van der Waals surface area contributed by atoms with Crippen molar-refractivity contribution in [3.05, 3.63) is 54.3 Å². The number of benzene rings is 2. The van der Waals surface area contributed by atoms with Crippen molar-refractivity contribution in [2.45, 2.75) is 17.4 Å². The van der Waals surface area contributed by atoms with Gasteiger partial charge in [-0.2, -0.15) is 16.5 Å². The molecule has 0 bridgehead atoms. The van der Waals surface area contributed by atoms with Crippen LogP contribution in [-0.4, -0.2) is 52.7 Å². The summed E-state index contributed by atoms with van der Waals surface area (Å²) in [5, 5.41) is 2.68. The van der Waals surface area contributed by atoms with E-state index in [0.29, 0.717) is 30.4 Å². The van der Waals surface area contributed by atoms with E-state index in [0.717, 1.165) is 12.1 Å². The summed E-state index contributed by atoms with van der Waals surface area (Å²) in [5.41, 5.74) is 0.485. The van der Waals surface area contributed by atoms with Crippen LogP contribution in [0.15, 0.2) is 53.4 Å². The Hall–Kier alpha value is -2.14. The summed E-state index contributed by atoms with van der Waals surface area (Å²) in [6.45, 7) is 0.856. The number of sulfonamides is 1. The number of rotatable bonds is 12. The fourth-order valence-corrected chi connectivity index (χ4v) is 4.28. The molecular weight excluding hydrogens is 431 g/mol. The molecule has 30 heavy (non-hydrogen) atoms. The third-order valence-electron chi connectivity index (χ3n) is 4.03. The molecular formula is C20H25FN2O5S2. The molecule has 0 spiro atoms. The Morgan fingerprint density at radius 3 is 2.47 bits per heavy atom. The molecule has 0 aromatic heterocycles. The van der Waals surface area contributed by atoms with Gasteiger partial charge in [-0.25, -0.2) is 12.8 Å². The maximum atomic E-state index is 13.9. The lowest BCUT2D eigenvalue weighted by atomic mass is 10.2. The van der Waals surface area contributed by atoms with E-state index in [-0.39, 0.29) is 6.42 Å². The largest absolute Gasteiger partial charge is 0.491 e. The van der Waals surface area contributed by atoms with Crippen LogP contribution in [0.4, 0.5) is 10.1 Å². The van der Waals surface area contributed by atoms with E-state index in [1.54, 1.807) is 31.4 Å². The molecule has 2 aromatic rings. The second kappa shape index (κ2) is 11.9. The molecule has 10 heteroatoms. The first-order valence-electron chi connectivity index (χ1n) is 9.16. The van der Waals surface area contributed by atoms with Crippen molar-refractivity contribution in [3.63, 3.8) is 0 Å². The number of methoxy groups -OCH3 is 1. The molecule has 1 unspecified atom stereocenters. The predicted octanol–water partition coefficient (Wildman–Crippen LogP) is 2.89. The molecule has 0 aliphatic heterocycles. The molecule has 0 fully saturated rings. The average molecular weight is 457 g/mol. The maximum Gasteiger partial charge on any atom is 0.244 e. The number of carbonyl (C=O) groups excluding carboxylic acids is 1. The number of halogens is 1. The molecule has 0 heterocycles. The van der Waals surface area contributed by atoms with Crippen LogP contribution in [0.1, 0.15) is 6.42 Å². The summed E-state index contributed by atoms with van der Waals surface area (Å²) >= 11 is 1.47. The smallest absolute Gasteiger partial charge is 0.244 e. The maximum absolute atomic E-state index is 13.9. The molecule has 2 aromatic carbocycles. The summed E-state index contributed by atoms with van der Waals surface area (Å²) in [4.78, 5) is 12.2. The van der Waals surface area contributed by atoms with E-state index in [2.05, 4.69) is 10.0 Å². The molecule has 2 N–H and O–H groups in total. The molecule has 164 valence electrons. The fourth-order valence-electron chi connectivity index (χ4n) is 2.50. The van der Waals surface area contributed by atoms with E-state index >= 15 is 0 Å². The summed E-state index contributed by atoms with van der Waals surface area (Å²) in [5.74, 6) is -0.246. The normalized spacial score (nSPS) is 12.4. The monoisotopic (exact) mass is 456 g/mol. The first kappa shape index (κ1) is 24.1. The van der Waals surface area contributed by atoms with Gasteiger partial charge in [-0.05, 0) is 54.8 Å². The van der Waals surface area contributed by atoms with Crippen molar-refractivity contribution in [2.75, 3.05) is 37.6 Å². The Bertz CT molecular complexity index is 923. The van der Waals surface area contributed by atoms with Crippen molar-refractivity contribution in [1.82, 2.24) is 4.72 Å². The zero-order chi connectivity index (χ0) is 22.0. The lowest BCUT2D eigenvalue weighted by Crippen LogP contribution is -2.44. The zero-order valence-electron chi connectivity index (χ0n) is 16.8. The van der Waals surface area contributed by atoms with Crippen LogP contribution in [0.2, 0.25) is 0 Å². The summed E-state index contributed by atoms with van der Waals surface area (Å²) < 4.78 is 51.8. The lowest BCUT2D eigenvalue weighted by molar-refractivity contribution is -0.117. The highest BCUT2D eigenvalue weighted by Gasteiger charge is 2.27. The van der Waals surface area contributed by atoms with Gasteiger partial charge in [0, 0.05) is 12.8 Å². The van der Waals surface area contributed by atoms with Crippen molar-refractivity contribution < 1.29 is 27.1 Å². The summed E-state index contributed by atoms with van der Waals surface area (Å²) in [6.07, 6.45) is 2.10.